The first kappa shape index (κ1) is 8.08. The fourth-order valence-corrected chi connectivity index (χ4v) is 2.15. The Hall–Kier alpha value is 0.0769. The normalized spacial score (nSPS) is 12.8. The van der Waals surface area contributed by atoms with E-state index >= 15 is 0 Å². The van der Waals surface area contributed by atoms with E-state index in [9.17, 15) is 8.22 Å². The molecule has 0 atom stereocenters. The van der Waals surface area contributed by atoms with Crippen molar-refractivity contribution >= 4 is 8.74 Å². The van der Waals surface area contributed by atoms with Gasteiger partial charge in [0.05, 0.1) is 0 Å². The summed E-state index contributed by atoms with van der Waals surface area (Å²) >= 11 is 0. The standard InChI is InChI=1S/C5H12F2Si/c1-5(2)4-8(3,6)7/h5H,4H2,1-3H3. The lowest BCUT2D eigenvalue weighted by atomic mass is 10.3. The van der Waals surface area contributed by atoms with Crippen molar-refractivity contribution < 1.29 is 8.22 Å². The zero-order chi connectivity index (χ0) is 6.78. The van der Waals surface area contributed by atoms with Crippen LogP contribution >= 0.6 is 0 Å². The summed E-state index contributed by atoms with van der Waals surface area (Å²) in [5.74, 6) is 0.154. The second-order valence-corrected chi connectivity index (χ2v) is 5.22. The zero-order valence-electron chi connectivity index (χ0n) is 5.54. The summed E-state index contributed by atoms with van der Waals surface area (Å²) in [6, 6.07) is 0.132. The van der Waals surface area contributed by atoms with Crippen LogP contribution in [0.25, 0.3) is 0 Å². The summed E-state index contributed by atoms with van der Waals surface area (Å²) in [6.45, 7) is 4.74. The minimum absolute atomic E-state index is 0.132. The molecule has 8 heavy (non-hydrogen) atoms. The molecule has 0 saturated carbocycles. The van der Waals surface area contributed by atoms with Crippen molar-refractivity contribution in [1.29, 1.82) is 0 Å². The van der Waals surface area contributed by atoms with Crippen molar-refractivity contribution in [1.82, 2.24) is 0 Å². The van der Waals surface area contributed by atoms with Gasteiger partial charge in [0, 0.05) is 6.04 Å². The third-order valence-electron chi connectivity index (χ3n) is 0.767. The Kier molecular flexibility index (Phi) is 2.60. The van der Waals surface area contributed by atoms with E-state index in [-0.39, 0.29) is 12.0 Å². The molecule has 0 aromatic heterocycles. The van der Waals surface area contributed by atoms with Gasteiger partial charge in [0.1, 0.15) is 0 Å². The molecule has 50 valence electrons. The first-order valence-electron chi connectivity index (χ1n) is 2.79. The van der Waals surface area contributed by atoms with Crippen LogP contribution in [-0.4, -0.2) is 8.74 Å². The molecule has 0 radical (unpaired) electrons. The smallest absolute Gasteiger partial charge is 0.271 e. The molecule has 0 saturated heterocycles. The van der Waals surface area contributed by atoms with Crippen LogP contribution in [0.15, 0.2) is 0 Å². The Labute approximate surface area is 50.3 Å². The van der Waals surface area contributed by atoms with E-state index < -0.39 is 8.74 Å². The average molecular weight is 138 g/mol. The predicted molar refractivity (Wildman–Crippen MR) is 33.5 cm³/mol. The van der Waals surface area contributed by atoms with Crippen molar-refractivity contribution in [2.75, 3.05) is 0 Å². The summed E-state index contributed by atoms with van der Waals surface area (Å²) in [4.78, 5) is 0. The average Bonchev–Trinajstić information content (AvgIpc) is 1.21. The number of halogens is 2. The van der Waals surface area contributed by atoms with E-state index in [1.165, 1.54) is 0 Å². The van der Waals surface area contributed by atoms with Crippen LogP contribution in [0.1, 0.15) is 13.8 Å². The Morgan fingerprint density at radius 1 is 1.38 bits per heavy atom. The molecule has 0 aromatic carbocycles. The lowest BCUT2D eigenvalue weighted by Gasteiger charge is -2.07. The van der Waals surface area contributed by atoms with Crippen molar-refractivity contribution in [2.24, 2.45) is 5.92 Å². The predicted octanol–water partition coefficient (Wildman–Crippen LogP) is 2.65. The molecule has 0 heterocycles. The Bertz CT molecular complexity index is 65.3. The maximum absolute atomic E-state index is 12.1. The molecule has 0 aliphatic carbocycles. The fourth-order valence-electron chi connectivity index (χ4n) is 0.717. The molecule has 0 fully saturated rings. The van der Waals surface area contributed by atoms with Crippen LogP contribution in [0.2, 0.25) is 12.6 Å². The summed E-state index contributed by atoms with van der Waals surface area (Å²) in [7, 11) is -3.72. The van der Waals surface area contributed by atoms with E-state index in [1.807, 2.05) is 13.8 Å². The van der Waals surface area contributed by atoms with E-state index in [2.05, 4.69) is 0 Å². The molecule has 0 unspecified atom stereocenters. The van der Waals surface area contributed by atoms with Gasteiger partial charge in [0.25, 0.3) is 0 Å². The molecule has 0 aliphatic heterocycles. The Morgan fingerprint density at radius 2 is 1.75 bits per heavy atom. The summed E-state index contributed by atoms with van der Waals surface area (Å²) < 4.78 is 24.2. The molecular formula is C5H12F2Si. The molecule has 0 N–H and O–H groups in total. The SMILES string of the molecule is CC(C)C[Si](C)(F)F. The Morgan fingerprint density at radius 3 is 1.75 bits per heavy atom. The van der Waals surface area contributed by atoms with Gasteiger partial charge in [0.15, 0.2) is 0 Å². The third-order valence-corrected chi connectivity index (χ3v) is 2.30. The molecule has 0 amide bonds. The number of hydrogen-bond acceptors (Lipinski definition) is 0. The van der Waals surface area contributed by atoms with Gasteiger partial charge >= 0.3 is 8.74 Å². The molecule has 0 nitrogen and oxygen atoms in total. The maximum atomic E-state index is 12.1. The summed E-state index contributed by atoms with van der Waals surface area (Å²) in [5, 5.41) is 0. The summed E-state index contributed by atoms with van der Waals surface area (Å²) in [6.07, 6.45) is 0. The van der Waals surface area contributed by atoms with E-state index in [0.717, 1.165) is 6.55 Å². The fraction of sp³-hybridized carbons (Fsp3) is 1.00. The highest BCUT2D eigenvalue weighted by molar-refractivity contribution is 6.64. The molecule has 0 aromatic rings. The van der Waals surface area contributed by atoms with Gasteiger partial charge < -0.3 is 0 Å². The minimum atomic E-state index is -3.72. The van der Waals surface area contributed by atoms with Gasteiger partial charge in [-0.2, -0.15) is 0 Å². The highest BCUT2D eigenvalue weighted by Gasteiger charge is 2.28. The van der Waals surface area contributed by atoms with Crippen molar-refractivity contribution in [3.8, 4) is 0 Å². The molecule has 0 bridgehead atoms. The first-order valence-corrected chi connectivity index (χ1v) is 5.26. The van der Waals surface area contributed by atoms with Gasteiger partial charge in [-0.05, 0) is 12.5 Å². The third kappa shape index (κ3) is 6.08. The van der Waals surface area contributed by atoms with Crippen LogP contribution in [-0.2, 0) is 0 Å². The topological polar surface area (TPSA) is 0 Å². The molecule has 0 aliphatic rings. The second-order valence-electron chi connectivity index (χ2n) is 2.67. The number of hydrogen-bond donors (Lipinski definition) is 0. The van der Waals surface area contributed by atoms with Crippen LogP contribution in [0, 0.1) is 5.92 Å². The highest BCUT2D eigenvalue weighted by atomic mass is 28.4. The summed E-state index contributed by atoms with van der Waals surface area (Å²) in [5.41, 5.74) is 0. The van der Waals surface area contributed by atoms with E-state index in [1.54, 1.807) is 0 Å². The van der Waals surface area contributed by atoms with E-state index in [0.29, 0.717) is 0 Å². The van der Waals surface area contributed by atoms with Gasteiger partial charge in [-0.3, -0.25) is 8.22 Å². The molecule has 3 heteroatoms. The monoisotopic (exact) mass is 138 g/mol. The van der Waals surface area contributed by atoms with Gasteiger partial charge in [-0.1, -0.05) is 13.8 Å². The van der Waals surface area contributed by atoms with Crippen molar-refractivity contribution in [3.63, 3.8) is 0 Å². The van der Waals surface area contributed by atoms with E-state index in [4.69, 9.17) is 0 Å². The lowest BCUT2D eigenvalue weighted by molar-refractivity contribution is 0.564. The van der Waals surface area contributed by atoms with Crippen molar-refractivity contribution in [2.45, 2.75) is 26.4 Å². The van der Waals surface area contributed by atoms with Crippen LogP contribution in [0.3, 0.4) is 0 Å². The quantitative estimate of drug-likeness (QED) is 0.406. The molecular weight excluding hydrogens is 126 g/mol. The molecule has 0 spiro atoms. The maximum Gasteiger partial charge on any atom is 0.422 e. The van der Waals surface area contributed by atoms with Gasteiger partial charge in [0.2, 0.25) is 0 Å². The Balaban J connectivity index is 3.39. The zero-order valence-corrected chi connectivity index (χ0v) is 6.54. The first-order chi connectivity index (χ1) is 3.42. The van der Waals surface area contributed by atoms with Crippen LogP contribution < -0.4 is 0 Å². The second kappa shape index (κ2) is 2.57. The largest absolute Gasteiger partial charge is 0.422 e. The number of rotatable bonds is 2. The van der Waals surface area contributed by atoms with Crippen LogP contribution in [0.5, 0.6) is 0 Å². The minimum Gasteiger partial charge on any atom is -0.271 e. The molecule has 0 rings (SSSR count). The van der Waals surface area contributed by atoms with Gasteiger partial charge in [-0.25, -0.2) is 0 Å². The highest BCUT2D eigenvalue weighted by Crippen LogP contribution is 2.18. The lowest BCUT2D eigenvalue weighted by Crippen LogP contribution is -2.18. The van der Waals surface area contributed by atoms with Crippen LogP contribution in [0.4, 0.5) is 8.22 Å². The van der Waals surface area contributed by atoms with Gasteiger partial charge in [-0.15, -0.1) is 0 Å². The van der Waals surface area contributed by atoms with Crippen molar-refractivity contribution in [3.05, 3.63) is 0 Å².